The summed E-state index contributed by atoms with van der Waals surface area (Å²) in [6.07, 6.45) is 3.15. The number of carbonyl (C=O) groups excluding carboxylic acids is 1. The summed E-state index contributed by atoms with van der Waals surface area (Å²) in [4.78, 5) is 25.6. The minimum Gasteiger partial charge on any atom is -0.489 e. The topological polar surface area (TPSA) is 97.7 Å². The predicted octanol–water partition coefficient (Wildman–Crippen LogP) is 4.09. The Morgan fingerprint density at radius 1 is 1.31 bits per heavy atom. The van der Waals surface area contributed by atoms with Crippen LogP contribution in [0.3, 0.4) is 0 Å². The number of aliphatic imine (C=N–C) groups is 1. The number of aromatic nitrogens is 2. The summed E-state index contributed by atoms with van der Waals surface area (Å²) in [6, 6.07) is 4.22. The Balaban J connectivity index is 1.79. The molecule has 1 aliphatic rings. The van der Waals surface area contributed by atoms with E-state index in [1.54, 1.807) is 19.9 Å². The highest BCUT2D eigenvalue weighted by Crippen LogP contribution is 2.33. The fourth-order valence-corrected chi connectivity index (χ4v) is 3.30. The molecule has 0 aliphatic carbocycles. The summed E-state index contributed by atoms with van der Waals surface area (Å²) in [6.45, 7) is 9.22. The van der Waals surface area contributed by atoms with Gasteiger partial charge in [-0.15, -0.1) is 0 Å². The molecule has 0 unspecified atom stereocenters. The molecule has 0 atom stereocenters. The number of amides is 1. The number of aryl methyl sites for hydroxylation is 1. The van der Waals surface area contributed by atoms with Crippen LogP contribution in [-0.2, 0) is 9.53 Å². The number of benzene rings is 1. The number of hydrogen-bond acceptors (Lipinski definition) is 7. The molecule has 1 aliphatic heterocycles. The maximum atomic E-state index is 13.7. The Morgan fingerprint density at radius 2 is 2.06 bits per heavy atom. The van der Waals surface area contributed by atoms with Crippen LogP contribution in [-0.4, -0.2) is 47.4 Å². The minimum absolute atomic E-state index is 0.136. The average molecular weight is 444 g/mol. The normalized spacial score (nSPS) is 15.0. The quantitative estimate of drug-likeness (QED) is 0.597. The monoisotopic (exact) mass is 443 g/mol. The molecular formula is C23H30FN5O3. The van der Waals surface area contributed by atoms with Gasteiger partial charge in [0, 0.05) is 25.8 Å². The van der Waals surface area contributed by atoms with E-state index in [9.17, 15) is 9.18 Å². The Kier molecular flexibility index (Phi) is 8.10. The van der Waals surface area contributed by atoms with Crippen molar-refractivity contribution in [3.8, 4) is 5.75 Å². The molecule has 32 heavy (non-hydrogen) atoms. The second kappa shape index (κ2) is 11.0. The maximum absolute atomic E-state index is 13.7. The fourth-order valence-electron chi connectivity index (χ4n) is 3.30. The number of nitrogens with one attached hydrogen (secondary N) is 2. The molecule has 8 nitrogen and oxygen atoms in total. The summed E-state index contributed by atoms with van der Waals surface area (Å²) in [7, 11) is 0. The Hall–Kier alpha value is -3.07. The molecule has 1 saturated heterocycles. The molecule has 2 N–H and O–H groups in total. The Morgan fingerprint density at radius 3 is 2.78 bits per heavy atom. The molecule has 2 heterocycles. The van der Waals surface area contributed by atoms with E-state index in [1.165, 1.54) is 18.5 Å². The van der Waals surface area contributed by atoms with Crippen LogP contribution in [0.4, 0.5) is 21.6 Å². The van der Waals surface area contributed by atoms with Crippen LogP contribution in [0, 0.1) is 18.7 Å². The summed E-state index contributed by atoms with van der Waals surface area (Å²) in [5.41, 5.74) is 1.88. The first-order chi connectivity index (χ1) is 15.3. The third kappa shape index (κ3) is 6.46. The van der Waals surface area contributed by atoms with Crippen molar-refractivity contribution in [3.63, 3.8) is 0 Å². The molecule has 9 heteroatoms. The second-order valence-corrected chi connectivity index (χ2v) is 8.05. The number of ether oxygens (including phenoxy) is 2. The van der Waals surface area contributed by atoms with Crippen molar-refractivity contribution in [2.24, 2.45) is 10.9 Å². The molecule has 1 aromatic carbocycles. The van der Waals surface area contributed by atoms with E-state index in [4.69, 9.17) is 9.47 Å². The highest BCUT2D eigenvalue weighted by atomic mass is 19.1. The van der Waals surface area contributed by atoms with Crippen molar-refractivity contribution in [1.29, 1.82) is 0 Å². The lowest BCUT2D eigenvalue weighted by Gasteiger charge is -2.22. The third-order valence-corrected chi connectivity index (χ3v) is 5.06. The SMILES string of the molecule is CC(=Nc1c(C)ncnc1Nc1ccc(F)cc1OC(C)C)C(=O)NCC1CCOCC1. The van der Waals surface area contributed by atoms with Gasteiger partial charge in [0.05, 0.1) is 17.5 Å². The molecule has 0 radical (unpaired) electrons. The summed E-state index contributed by atoms with van der Waals surface area (Å²) >= 11 is 0. The fraction of sp³-hybridized carbons (Fsp3) is 0.478. The van der Waals surface area contributed by atoms with E-state index in [2.05, 4.69) is 25.6 Å². The predicted molar refractivity (Wildman–Crippen MR) is 122 cm³/mol. The van der Waals surface area contributed by atoms with Crippen molar-refractivity contribution in [2.75, 3.05) is 25.1 Å². The number of halogens is 1. The largest absolute Gasteiger partial charge is 0.489 e. The highest BCUT2D eigenvalue weighted by molar-refractivity contribution is 6.38. The van der Waals surface area contributed by atoms with E-state index in [-0.39, 0.29) is 12.0 Å². The molecule has 2 aromatic rings. The zero-order chi connectivity index (χ0) is 23.1. The van der Waals surface area contributed by atoms with E-state index in [1.807, 2.05) is 13.8 Å². The Labute approximate surface area is 187 Å². The number of nitrogens with zero attached hydrogens (tertiary/aromatic N) is 3. The van der Waals surface area contributed by atoms with Crippen molar-refractivity contribution in [3.05, 3.63) is 36.0 Å². The van der Waals surface area contributed by atoms with Crippen LogP contribution in [0.1, 0.15) is 39.3 Å². The minimum atomic E-state index is -0.402. The van der Waals surface area contributed by atoms with Gasteiger partial charge in [-0.25, -0.2) is 19.4 Å². The van der Waals surface area contributed by atoms with Gasteiger partial charge in [-0.05, 0) is 58.6 Å². The van der Waals surface area contributed by atoms with Gasteiger partial charge in [0.15, 0.2) is 5.82 Å². The van der Waals surface area contributed by atoms with E-state index in [0.29, 0.717) is 46.8 Å². The van der Waals surface area contributed by atoms with Gasteiger partial charge < -0.3 is 20.1 Å². The molecule has 1 aromatic heterocycles. The van der Waals surface area contributed by atoms with Crippen LogP contribution in [0.15, 0.2) is 29.5 Å². The summed E-state index contributed by atoms with van der Waals surface area (Å²) in [5, 5.41) is 6.10. The molecule has 0 spiro atoms. The maximum Gasteiger partial charge on any atom is 0.265 e. The van der Waals surface area contributed by atoms with Gasteiger partial charge in [0.25, 0.3) is 5.91 Å². The van der Waals surface area contributed by atoms with Gasteiger partial charge in [-0.3, -0.25) is 4.79 Å². The van der Waals surface area contributed by atoms with Crippen molar-refractivity contribution in [1.82, 2.24) is 15.3 Å². The molecular weight excluding hydrogens is 413 g/mol. The van der Waals surface area contributed by atoms with Crippen LogP contribution >= 0.6 is 0 Å². The first-order valence-electron chi connectivity index (χ1n) is 10.8. The lowest BCUT2D eigenvalue weighted by atomic mass is 10.0. The highest BCUT2D eigenvalue weighted by Gasteiger charge is 2.17. The third-order valence-electron chi connectivity index (χ3n) is 5.06. The smallest absolute Gasteiger partial charge is 0.265 e. The first kappa shape index (κ1) is 23.6. The first-order valence-corrected chi connectivity index (χ1v) is 10.8. The lowest BCUT2D eigenvalue weighted by Crippen LogP contribution is -2.35. The van der Waals surface area contributed by atoms with Crippen molar-refractivity contribution >= 4 is 28.8 Å². The Bertz CT molecular complexity index is 974. The van der Waals surface area contributed by atoms with Crippen LogP contribution in [0.5, 0.6) is 5.75 Å². The standard InChI is InChI=1S/C23H30FN5O3/c1-14(2)32-20-11-18(24)5-6-19(20)29-22-21(15(3)26-13-27-22)28-16(4)23(30)25-12-17-7-9-31-10-8-17/h5-6,11,13-14,17H,7-10,12H2,1-4H3,(H,25,30)(H,26,27,29). The van der Waals surface area contributed by atoms with Crippen molar-refractivity contribution in [2.45, 2.75) is 46.6 Å². The van der Waals surface area contributed by atoms with E-state index >= 15 is 0 Å². The number of rotatable bonds is 8. The van der Waals surface area contributed by atoms with Gasteiger partial charge in [-0.2, -0.15) is 0 Å². The average Bonchev–Trinajstić information content (AvgIpc) is 2.76. The zero-order valence-electron chi connectivity index (χ0n) is 18.9. The van der Waals surface area contributed by atoms with Crippen molar-refractivity contribution < 1.29 is 18.7 Å². The molecule has 172 valence electrons. The second-order valence-electron chi connectivity index (χ2n) is 8.05. The van der Waals surface area contributed by atoms with Gasteiger partial charge in [-0.1, -0.05) is 0 Å². The van der Waals surface area contributed by atoms with Crippen LogP contribution in [0.2, 0.25) is 0 Å². The summed E-state index contributed by atoms with van der Waals surface area (Å²) < 4.78 is 24.8. The number of hydrogen-bond donors (Lipinski definition) is 2. The molecule has 1 amide bonds. The van der Waals surface area contributed by atoms with Crippen LogP contribution < -0.4 is 15.4 Å². The molecule has 0 bridgehead atoms. The van der Waals surface area contributed by atoms with Gasteiger partial charge >= 0.3 is 0 Å². The van der Waals surface area contributed by atoms with Gasteiger partial charge in [0.1, 0.15) is 29.3 Å². The molecule has 0 saturated carbocycles. The van der Waals surface area contributed by atoms with Gasteiger partial charge in [0.2, 0.25) is 0 Å². The molecule has 3 rings (SSSR count). The summed E-state index contributed by atoms with van der Waals surface area (Å²) in [5.74, 6) is 0.528. The number of carbonyl (C=O) groups is 1. The lowest BCUT2D eigenvalue weighted by molar-refractivity contribution is -0.115. The van der Waals surface area contributed by atoms with E-state index in [0.717, 1.165) is 26.1 Å². The van der Waals surface area contributed by atoms with E-state index < -0.39 is 5.82 Å². The number of anilines is 2. The van der Waals surface area contributed by atoms with Crippen LogP contribution in [0.25, 0.3) is 0 Å². The zero-order valence-corrected chi connectivity index (χ0v) is 18.9. The molecule has 1 fully saturated rings.